The van der Waals surface area contributed by atoms with Crippen molar-refractivity contribution in [1.29, 1.82) is 0 Å². The van der Waals surface area contributed by atoms with Crippen molar-refractivity contribution in [1.82, 2.24) is 4.90 Å². The zero-order valence-electron chi connectivity index (χ0n) is 13.4. The van der Waals surface area contributed by atoms with Gasteiger partial charge in [0.2, 0.25) is 0 Å². The van der Waals surface area contributed by atoms with Gasteiger partial charge in [-0.05, 0) is 75.4 Å². The summed E-state index contributed by atoms with van der Waals surface area (Å²) in [6.45, 7) is 5.99. The zero-order valence-corrected chi connectivity index (χ0v) is 13.4. The molecule has 3 rings (SSSR count). The number of likely N-dealkylation sites (tertiary alicyclic amines) is 1. The molecule has 0 amide bonds. The maximum Gasteiger partial charge on any atom is 0.0138 e. The van der Waals surface area contributed by atoms with E-state index in [9.17, 15) is 0 Å². The average molecular weight is 278 g/mol. The molecule has 0 aromatic rings. The van der Waals surface area contributed by atoms with Crippen LogP contribution in [0.5, 0.6) is 0 Å². The molecular weight excluding hydrogens is 244 g/mol. The van der Waals surface area contributed by atoms with Crippen LogP contribution in [0.1, 0.15) is 71.1 Å². The lowest BCUT2D eigenvalue weighted by molar-refractivity contribution is 0.0245. The third-order valence-electron chi connectivity index (χ3n) is 6.94. The van der Waals surface area contributed by atoms with Gasteiger partial charge in [0.05, 0.1) is 0 Å². The highest BCUT2D eigenvalue weighted by Gasteiger charge is 2.40. The van der Waals surface area contributed by atoms with Crippen LogP contribution in [0.2, 0.25) is 0 Å². The van der Waals surface area contributed by atoms with Crippen LogP contribution in [-0.2, 0) is 0 Å². The summed E-state index contributed by atoms with van der Waals surface area (Å²) in [4.78, 5) is 2.84. The van der Waals surface area contributed by atoms with Gasteiger partial charge >= 0.3 is 0 Å². The molecule has 1 saturated heterocycles. The van der Waals surface area contributed by atoms with Crippen molar-refractivity contribution in [3.63, 3.8) is 0 Å². The van der Waals surface area contributed by atoms with Crippen molar-refractivity contribution in [2.24, 2.45) is 23.0 Å². The average Bonchev–Trinajstić information content (AvgIpc) is 2.95. The van der Waals surface area contributed by atoms with Crippen LogP contribution in [-0.4, -0.2) is 30.6 Å². The fourth-order valence-electron chi connectivity index (χ4n) is 5.34. The van der Waals surface area contributed by atoms with Crippen molar-refractivity contribution in [2.45, 2.75) is 77.2 Å². The lowest BCUT2D eigenvalue weighted by Crippen LogP contribution is -2.51. The van der Waals surface area contributed by atoms with Gasteiger partial charge in [-0.25, -0.2) is 0 Å². The molecule has 1 spiro atoms. The Morgan fingerprint density at radius 1 is 1.05 bits per heavy atom. The molecule has 3 fully saturated rings. The number of piperidine rings is 1. The van der Waals surface area contributed by atoms with Crippen LogP contribution >= 0.6 is 0 Å². The predicted octanol–water partition coefficient (Wildman–Crippen LogP) is 3.80. The third kappa shape index (κ3) is 2.92. The molecule has 2 heteroatoms. The minimum atomic E-state index is 0.757. The van der Waals surface area contributed by atoms with Crippen molar-refractivity contribution in [3.05, 3.63) is 0 Å². The molecule has 2 saturated carbocycles. The molecule has 1 heterocycles. The normalized spacial score (nSPS) is 38.4. The van der Waals surface area contributed by atoms with Gasteiger partial charge in [0.15, 0.2) is 0 Å². The molecule has 0 aromatic heterocycles. The number of rotatable bonds is 3. The molecule has 0 radical (unpaired) electrons. The fourth-order valence-corrected chi connectivity index (χ4v) is 5.34. The van der Waals surface area contributed by atoms with Crippen molar-refractivity contribution >= 4 is 0 Å². The first-order chi connectivity index (χ1) is 9.76. The minimum Gasteiger partial charge on any atom is -0.330 e. The minimum absolute atomic E-state index is 0.757. The molecule has 1 aliphatic heterocycles. The Morgan fingerprint density at radius 3 is 2.35 bits per heavy atom. The van der Waals surface area contributed by atoms with E-state index in [2.05, 4.69) is 11.8 Å². The van der Waals surface area contributed by atoms with Crippen molar-refractivity contribution in [2.75, 3.05) is 19.6 Å². The Bertz CT molecular complexity index is 299. The quantitative estimate of drug-likeness (QED) is 0.851. The van der Waals surface area contributed by atoms with Gasteiger partial charge < -0.3 is 10.6 Å². The highest BCUT2D eigenvalue weighted by atomic mass is 15.2. The molecule has 0 bridgehead atoms. The van der Waals surface area contributed by atoms with E-state index in [1.165, 1.54) is 77.3 Å². The second-order valence-electron chi connectivity index (χ2n) is 7.89. The van der Waals surface area contributed by atoms with Gasteiger partial charge in [0.1, 0.15) is 0 Å². The molecule has 2 aliphatic carbocycles. The van der Waals surface area contributed by atoms with Crippen molar-refractivity contribution in [3.8, 4) is 0 Å². The van der Waals surface area contributed by atoms with Crippen molar-refractivity contribution < 1.29 is 0 Å². The Labute approximate surface area is 125 Å². The van der Waals surface area contributed by atoms with Crippen LogP contribution in [0.4, 0.5) is 0 Å². The van der Waals surface area contributed by atoms with E-state index in [0.29, 0.717) is 0 Å². The first kappa shape index (κ1) is 14.8. The van der Waals surface area contributed by atoms with Crippen LogP contribution in [0.15, 0.2) is 0 Å². The van der Waals surface area contributed by atoms with Crippen LogP contribution < -0.4 is 5.73 Å². The summed E-state index contributed by atoms with van der Waals surface area (Å²) in [5, 5.41) is 0. The highest BCUT2D eigenvalue weighted by Crippen LogP contribution is 2.47. The Balaban J connectivity index is 1.60. The number of hydrogen-bond donors (Lipinski definition) is 1. The standard InChI is InChI=1S/C18H34N2/c1-2-15-5-6-16(14-19)17(13-15)20-11-9-18(10-12-20)7-3-4-8-18/h15-17H,2-14,19H2,1H3. The summed E-state index contributed by atoms with van der Waals surface area (Å²) < 4.78 is 0. The molecule has 2 nitrogen and oxygen atoms in total. The van der Waals surface area contributed by atoms with E-state index >= 15 is 0 Å². The maximum atomic E-state index is 6.08. The number of nitrogens with two attached hydrogens (primary N) is 1. The Hall–Kier alpha value is -0.0800. The Morgan fingerprint density at radius 2 is 1.75 bits per heavy atom. The monoisotopic (exact) mass is 278 g/mol. The summed E-state index contributed by atoms with van der Waals surface area (Å²) in [6, 6.07) is 0.803. The topological polar surface area (TPSA) is 29.3 Å². The smallest absolute Gasteiger partial charge is 0.0138 e. The van der Waals surface area contributed by atoms with Crippen LogP contribution in [0.25, 0.3) is 0 Å². The van der Waals surface area contributed by atoms with Gasteiger partial charge in [-0.2, -0.15) is 0 Å². The molecule has 2 N–H and O–H groups in total. The van der Waals surface area contributed by atoms with E-state index in [-0.39, 0.29) is 0 Å². The molecule has 3 unspecified atom stereocenters. The molecule has 116 valence electrons. The molecule has 20 heavy (non-hydrogen) atoms. The number of nitrogens with zero attached hydrogens (tertiary/aromatic N) is 1. The van der Waals surface area contributed by atoms with E-state index in [0.717, 1.165) is 29.8 Å². The SMILES string of the molecule is CCC1CCC(CN)C(N2CCC3(CCCC3)CC2)C1. The summed E-state index contributed by atoms with van der Waals surface area (Å²) >= 11 is 0. The molecular formula is C18H34N2. The van der Waals surface area contributed by atoms with E-state index < -0.39 is 0 Å². The highest BCUT2D eigenvalue weighted by molar-refractivity contribution is 4.94. The van der Waals surface area contributed by atoms with Gasteiger partial charge in [-0.1, -0.05) is 32.6 Å². The van der Waals surface area contributed by atoms with Crippen LogP contribution in [0.3, 0.4) is 0 Å². The number of hydrogen-bond acceptors (Lipinski definition) is 2. The maximum absolute atomic E-state index is 6.08. The lowest BCUT2D eigenvalue weighted by Gasteiger charge is -2.47. The first-order valence-electron chi connectivity index (χ1n) is 9.20. The van der Waals surface area contributed by atoms with Gasteiger partial charge in [0, 0.05) is 6.04 Å². The van der Waals surface area contributed by atoms with Gasteiger partial charge in [-0.15, -0.1) is 0 Å². The summed E-state index contributed by atoms with van der Waals surface area (Å²) in [6.07, 6.45) is 14.5. The molecule has 3 aliphatic rings. The predicted molar refractivity (Wildman–Crippen MR) is 85.7 cm³/mol. The second kappa shape index (κ2) is 6.36. The first-order valence-corrected chi connectivity index (χ1v) is 9.20. The zero-order chi connectivity index (χ0) is 14.0. The second-order valence-corrected chi connectivity index (χ2v) is 7.89. The van der Waals surface area contributed by atoms with E-state index in [4.69, 9.17) is 5.73 Å². The largest absolute Gasteiger partial charge is 0.330 e. The van der Waals surface area contributed by atoms with E-state index in [1.54, 1.807) is 0 Å². The Kier molecular flexibility index (Phi) is 4.72. The fraction of sp³-hybridized carbons (Fsp3) is 1.00. The van der Waals surface area contributed by atoms with Gasteiger partial charge in [0.25, 0.3) is 0 Å². The summed E-state index contributed by atoms with van der Waals surface area (Å²) in [7, 11) is 0. The van der Waals surface area contributed by atoms with Crippen LogP contribution in [0, 0.1) is 17.3 Å². The lowest BCUT2D eigenvalue weighted by atomic mass is 9.73. The third-order valence-corrected chi connectivity index (χ3v) is 6.94. The van der Waals surface area contributed by atoms with Gasteiger partial charge in [-0.3, -0.25) is 0 Å². The summed E-state index contributed by atoms with van der Waals surface area (Å²) in [5.74, 6) is 1.74. The summed E-state index contributed by atoms with van der Waals surface area (Å²) in [5.41, 5.74) is 6.83. The molecule has 0 aromatic carbocycles. The van der Waals surface area contributed by atoms with E-state index in [1.807, 2.05) is 0 Å². The molecule has 3 atom stereocenters.